The van der Waals surface area contributed by atoms with Gasteiger partial charge < -0.3 is 0 Å². The van der Waals surface area contributed by atoms with Crippen molar-refractivity contribution in [3.8, 4) is 6.07 Å². The van der Waals surface area contributed by atoms with Crippen LogP contribution in [0.15, 0.2) is 28.7 Å². The second-order valence-electron chi connectivity index (χ2n) is 2.95. The van der Waals surface area contributed by atoms with Crippen LogP contribution in [0.2, 0.25) is 0 Å². The number of halogens is 4. The van der Waals surface area contributed by atoms with Crippen molar-refractivity contribution in [3.05, 3.63) is 34.3 Å². The minimum Gasteiger partial charge on any atom is -0.288 e. The van der Waals surface area contributed by atoms with Crippen LogP contribution in [-0.2, 0) is 4.79 Å². The van der Waals surface area contributed by atoms with E-state index in [2.05, 4.69) is 15.9 Å². The van der Waals surface area contributed by atoms with E-state index in [1.807, 2.05) is 0 Å². The van der Waals surface area contributed by atoms with Gasteiger partial charge in [0.15, 0.2) is 0 Å². The number of carbonyl (C=O) groups excluding carboxylic acids is 1. The number of carbonyl (C=O) groups is 1. The predicted octanol–water partition coefficient (Wildman–Crippen LogP) is 3.19. The summed E-state index contributed by atoms with van der Waals surface area (Å²) in [6.45, 7) is 0. The molecule has 0 radical (unpaired) electrons. The molecule has 84 valence electrons. The Morgan fingerprint density at radius 3 is 2.38 bits per heavy atom. The molecule has 0 N–H and O–H groups in total. The van der Waals surface area contributed by atoms with E-state index in [0.29, 0.717) is 4.47 Å². The third kappa shape index (κ3) is 2.61. The molecule has 0 bridgehead atoms. The van der Waals surface area contributed by atoms with Gasteiger partial charge in [-0.05, 0) is 11.6 Å². The van der Waals surface area contributed by atoms with Gasteiger partial charge in [0.2, 0.25) is 0 Å². The smallest absolute Gasteiger partial charge is 0.288 e. The van der Waals surface area contributed by atoms with E-state index >= 15 is 0 Å². The molecule has 1 unspecified atom stereocenters. The molecule has 0 aliphatic carbocycles. The maximum absolute atomic E-state index is 12.2. The van der Waals surface area contributed by atoms with Crippen molar-refractivity contribution < 1.29 is 18.0 Å². The van der Waals surface area contributed by atoms with Gasteiger partial charge in [0.05, 0.1) is 6.07 Å². The third-order valence-electron chi connectivity index (χ3n) is 1.89. The number of nitrogens with zero attached hydrogens (tertiary/aromatic N) is 1. The Hall–Kier alpha value is -1.35. The highest BCUT2D eigenvalue weighted by atomic mass is 79.9. The summed E-state index contributed by atoms with van der Waals surface area (Å²) in [5.74, 6) is -3.88. The number of hydrogen-bond donors (Lipinski definition) is 0. The Morgan fingerprint density at radius 1 is 1.38 bits per heavy atom. The summed E-state index contributed by atoms with van der Waals surface area (Å²) in [5.41, 5.74) is 0.0207. The number of rotatable bonds is 2. The van der Waals surface area contributed by atoms with Gasteiger partial charge in [-0.1, -0.05) is 34.1 Å². The number of ketones is 1. The van der Waals surface area contributed by atoms with Crippen molar-refractivity contribution in [1.82, 2.24) is 0 Å². The second-order valence-corrected chi connectivity index (χ2v) is 3.80. The zero-order valence-corrected chi connectivity index (χ0v) is 9.34. The molecule has 1 rings (SSSR count). The molecule has 1 aromatic carbocycles. The lowest BCUT2D eigenvalue weighted by atomic mass is 9.96. The zero-order chi connectivity index (χ0) is 12.3. The van der Waals surface area contributed by atoms with E-state index in [-0.39, 0.29) is 5.56 Å². The highest BCUT2D eigenvalue weighted by Crippen LogP contribution is 2.31. The van der Waals surface area contributed by atoms with Crippen molar-refractivity contribution >= 4 is 21.7 Å². The van der Waals surface area contributed by atoms with E-state index in [0.717, 1.165) is 0 Å². The zero-order valence-electron chi connectivity index (χ0n) is 7.75. The molecular weight excluding hydrogens is 287 g/mol. The highest BCUT2D eigenvalue weighted by Gasteiger charge is 2.44. The Bertz CT molecular complexity index is 450. The fourth-order valence-corrected chi connectivity index (χ4v) is 1.66. The number of benzene rings is 1. The topological polar surface area (TPSA) is 40.9 Å². The molecule has 0 fully saturated rings. The number of alkyl halides is 3. The number of nitriles is 1. The van der Waals surface area contributed by atoms with Gasteiger partial charge in [-0.3, -0.25) is 4.79 Å². The normalized spacial score (nSPS) is 12.9. The highest BCUT2D eigenvalue weighted by molar-refractivity contribution is 9.10. The van der Waals surface area contributed by atoms with Crippen LogP contribution in [-0.4, -0.2) is 12.0 Å². The number of Topliss-reactive ketones (excluding diaryl/α,β-unsaturated/α-hetero) is 1. The van der Waals surface area contributed by atoms with E-state index < -0.39 is 17.9 Å². The lowest BCUT2D eigenvalue weighted by Gasteiger charge is -2.12. The third-order valence-corrected chi connectivity index (χ3v) is 2.61. The van der Waals surface area contributed by atoms with E-state index in [1.54, 1.807) is 6.07 Å². The minimum atomic E-state index is -5.00. The Morgan fingerprint density at radius 2 is 1.94 bits per heavy atom. The summed E-state index contributed by atoms with van der Waals surface area (Å²) in [6, 6.07) is 7.20. The first-order valence-electron chi connectivity index (χ1n) is 4.13. The second kappa shape index (κ2) is 4.66. The first kappa shape index (κ1) is 12.7. The van der Waals surface area contributed by atoms with Gasteiger partial charge in [0.1, 0.15) is 5.92 Å². The van der Waals surface area contributed by atoms with Gasteiger partial charge in [-0.25, -0.2) is 0 Å². The van der Waals surface area contributed by atoms with Crippen LogP contribution >= 0.6 is 15.9 Å². The van der Waals surface area contributed by atoms with Crippen molar-refractivity contribution in [2.75, 3.05) is 0 Å². The Labute approximate surface area is 97.8 Å². The predicted molar refractivity (Wildman–Crippen MR) is 53.6 cm³/mol. The van der Waals surface area contributed by atoms with Crippen LogP contribution in [0.1, 0.15) is 11.5 Å². The van der Waals surface area contributed by atoms with Crippen molar-refractivity contribution in [2.24, 2.45) is 0 Å². The first-order chi connectivity index (χ1) is 7.38. The van der Waals surface area contributed by atoms with E-state index in [4.69, 9.17) is 5.26 Å². The van der Waals surface area contributed by atoms with Gasteiger partial charge in [-0.15, -0.1) is 0 Å². The molecule has 2 nitrogen and oxygen atoms in total. The Kier molecular flexibility index (Phi) is 3.70. The molecule has 0 aliphatic heterocycles. The van der Waals surface area contributed by atoms with Gasteiger partial charge >= 0.3 is 6.18 Å². The molecular formula is C10H5BrF3NO. The maximum atomic E-state index is 12.2. The minimum absolute atomic E-state index is 0.0207. The van der Waals surface area contributed by atoms with Crippen LogP contribution in [0.3, 0.4) is 0 Å². The molecule has 0 aromatic heterocycles. The lowest BCUT2D eigenvalue weighted by molar-refractivity contribution is -0.171. The molecule has 1 atom stereocenters. The van der Waals surface area contributed by atoms with E-state index in [9.17, 15) is 18.0 Å². The summed E-state index contributed by atoms with van der Waals surface area (Å²) in [6.07, 6.45) is -5.00. The largest absolute Gasteiger partial charge is 0.451 e. The fourth-order valence-electron chi connectivity index (χ4n) is 1.14. The van der Waals surface area contributed by atoms with Gasteiger partial charge in [0.25, 0.3) is 5.78 Å². The maximum Gasteiger partial charge on any atom is 0.451 e. The molecule has 0 spiro atoms. The quantitative estimate of drug-likeness (QED) is 0.840. The molecule has 0 saturated carbocycles. The van der Waals surface area contributed by atoms with Gasteiger partial charge in [-0.2, -0.15) is 18.4 Å². The van der Waals surface area contributed by atoms with Gasteiger partial charge in [0, 0.05) is 4.47 Å². The first-order valence-corrected chi connectivity index (χ1v) is 4.92. The molecule has 6 heteroatoms. The summed E-state index contributed by atoms with van der Waals surface area (Å²) in [5, 5.41) is 8.65. The van der Waals surface area contributed by atoms with Crippen LogP contribution in [0.4, 0.5) is 13.2 Å². The number of hydrogen-bond acceptors (Lipinski definition) is 2. The monoisotopic (exact) mass is 291 g/mol. The lowest BCUT2D eigenvalue weighted by Crippen LogP contribution is -2.28. The molecule has 16 heavy (non-hydrogen) atoms. The van der Waals surface area contributed by atoms with Crippen molar-refractivity contribution in [3.63, 3.8) is 0 Å². The molecule has 0 heterocycles. The summed E-state index contributed by atoms with van der Waals surface area (Å²) >= 11 is 3.00. The SMILES string of the molecule is N#CC(C(=O)C(F)(F)F)c1ccccc1Br. The standard InChI is InChI=1S/C10H5BrF3NO/c11-8-4-2-1-3-6(8)7(5-15)9(16)10(12,13)14/h1-4,7H. The molecule has 0 saturated heterocycles. The van der Waals surface area contributed by atoms with Crippen molar-refractivity contribution in [1.29, 1.82) is 5.26 Å². The van der Waals surface area contributed by atoms with Crippen LogP contribution in [0.25, 0.3) is 0 Å². The van der Waals surface area contributed by atoms with Crippen LogP contribution < -0.4 is 0 Å². The molecule has 0 amide bonds. The summed E-state index contributed by atoms with van der Waals surface area (Å²) < 4.78 is 36.9. The molecule has 0 aliphatic rings. The van der Waals surface area contributed by atoms with Crippen molar-refractivity contribution in [2.45, 2.75) is 12.1 Å². The average Bonchev–Trinajstić information content (AvgIpc) is 2.20. The average molecular weight is 292 g/mol. The summed E-state index contributed by atoms with van der Waals surface area (Å²) in [4.78, 5) is 11.0. The fraction of sp³-hybridized carbons (Fsp3) is 0.200. The Balaban J connectivity index is 3.16. The van der Waals surface area contributed by atoms with Crippen LogP contribution in [0.5, 0.6) is 0 Å². The summed E-state index contributed by atoms with van der Waals surface area (Å²) in [7, 11) is 0. The molecule has 1 aromatic rings. The van der Waals surface area contributed by atoms with E-state index in [1.165, 1.54) is 24.3 Å². The van der Waals surface area contributed by atoms with Crippen LogP contribution in [0, 0.1) is 11.3 Å².